The lowest BCUT2D eigenvalue weighted by Gasteiger charge is -2.29. The van der Waals surface area contributed by atoms with E-state index in [-0.39, 0.29) is 6.10 Å². The SMILES string of the molecule is N#Cc1cc(OC2C[C@H]3CC[C@H](C2)N3)cc(-c2ncccc2Cl)c1. The first-order valence-electron chi connectivity index (χ1n) is 8.30. The van der Waals surface area contributed by atoms with Crippen molar-refractivity contribution in [2.24, 2.45) is 0 Å². The Morgan fingerprint density at radius 3 is 2.71 bits per heavy atom. The van der Waals surface area contributed by atoms with Crippen molar-refractivity contribution in [1.82, 2.24) is 10.3 Å². The van der Waals surface area contributed by atoms with Crippen LogP contribution >= 0.6 is 11.6 Å². The second-order valence-corrected chi connectivity index (χ2v) is 6.95. The molecule has 2 fully saturated rings. The van der Waals surface area contributed by atoms with Crippen molar-refractivity contribution in [1.29, 1.82) is 5.26 Å². The Hall–Kier alpha value is -2.09. The molecule has 0 aliphatic carbocycles. The molecule has 2 aliphatic heterocycles. The van der Waals surface area contributed by atoms with E-state index in [2.05, 4.69) is 16.4 Å². The molecule has 4 nitrogen and oxygen atoms in total. The lowest BCUT2D eigenvalue weighted by atomic mass is 10.0. The Morgan fingerprint density at radius 2 is 2.00 bits per heavy atom. The molecule has 1 aromatic heterocycles. The Kier molecular flexibility index (Phi) is 4.13. The molecule has 4 rings (SSSR count). The molecule has 0 spiro atoms. The summed E-state index contributed by atoms with van der Waals surface area (Å²) in [7, 11) is 0. The summed E-state index contributed by atoms with van der Waals surface area (Å²) in [5.41, 5.74) is 2.04. The van der Waals surface area contributed by atoms with Crippen molar-refractivity contribution in [3.05, 3.63) is 47.1 Å². The molecule has 2 aromatic rings. The number of hydrogen-bond donors (Lipinski definition) is 1. The van der Waals surface area contributed by atoms with Gasteiger partial charge in [-0.25, -0.2) is 0 Å². The van der Waals surface area contributed by atoms with Crippen LogP contribution in [-0.4, -0.2) is 23.2 Å². The number of nitrogens with zero attached hydrogens (tertiary/aromatic N) is 2. The summed E-state index contributed by atoms with van der Waals surface area (Å²) in [4.78, 5) is 4.34. The van der Waals surface area contributed by atoms with Crippen molar-refractivity contribution < 1.29 is 4.74 Å². The van der Waals surface area contributed by atoms with Gasteiger partial charge in [0.25, 0.3) is 0 Å². The molecule has 1 aromatic carbocycles. The fraction of sp³-hybridized carbons (Fsp3) is 0.368. The fourth-order valence-electron chi connectivity index (χ4n) is 3.76. The van der Waals surface area contributed by atoms with Gasteiger partial charge in [-0.1, -0.05) is 11.6 Å². The van der Waals surface area contributed by atoms with Crippen molar-refractivity contribution in [2.75, 3.05) is 0 Å². The number of ether oxygens (including phenoxy) is 1. The summed E-state index contributed by atoms with van der Waals surface area (Å²) in [6, 6.07) is 12.5. The van der Waals surface area contributed by atoms with E-state index >= 15 is 0 Å². The van der Waals surface area contributed by atoms with Crippen LogP contribution in [0, 0.1) is 11.3 Å². The number of nitrogens with one attached hydrogen (secondary N) is 1. The first-order chi connectivity index (χ1) is 11.7. The van der Waals surface area contributed by atoms with E-state index in [1.807, 2.05) is 6.07 Å². The van der Waals surface area contributed by atoms with E-state index < -0.39 is 0 Å². The molecule has 5 heteroatoms. The highest BCUT2D eigenvalue weighted by Gasteiger charge is 2.34. The quantitative estimate of drug-likeness (QED) is 0.920. The highest BCUT2D eigenvalue weighted by Crippen LogP contribution is 2.33. The van der Waals surface area contributed by atoms with E-state index in [0.717, 1.165) is 24.2 Å². The molecule has 1 N–H and O–H groups in total. The molecule has 24 heavy (non-hydrogen) atoms. The molecule has 0 amide bonds. The third-order valence-electron chi connectivity index (χ3n) is 4.80. The van der Waals surface area contributed by atoms with Gasteiger partial charge in [0.1, 0.15) is 11.9 Å². The molecule has 2 atom stereocenters. The summed E-state index contributed by atoms with van der Waals surface area (Å²) in [6.07, 6.45) is 6.41. The van der Waals surface area contributed by atoms with Crippen LogP contribution < -0.4 is 10.1 Å². The third-order valence-corrected chi connectivity index (χ3v) is 5.11. The van der Waals surface area contributed by atoms with E-state index in [1.165, 1.54) is 12.8 Å². The molecule has 0 unspecified atom stereocenters. The maximum Gasteiger partial charge on any atom is 0.121 e. The minimum Gasteiger partial charge on any atom is -0.490 e. The Bertz CT molecular complexity index is 789. The number of pyridine rings is 1. The zero-order valence-corrected chi connectivity index (χ0v) is 14.0. The fourth-order valence-corrected chi connectivity index (χ4v) is 3.99. The van der Waals surface area contributed by atoms with Crippen molar-refractivity contribution in [3.8, 4) is 23.1 Å². The first kappa shape index (κ1) is 15.4. The van der Waals surface area contributed by atoms with E-state index in [1.54, 1.807) is 30.5 Å². The molecular formula is C19H18ClN3O. The Balaban J connectivity index is 1.63. The van der Waals surface area contributed by atoms with Crippen LogP contribution in [0.3, 0.4) is 0 Å². The summed E-state index contributed by atoms with van der Waals surface area (Å²) in [5, 5.41) is 13.5. The zero-order chi connectivity index (χ0) is 16.5. The minimum atomic E-state index is 0.199. The molecule has 3 heterocycles. The van der Waals surface area contributed by atoms with Crippen molar-refractivity contribution >= 4 is 11.6 Å². The normalized spacial score (nSPS) is 25.2. The molecule has 2 bridgehead atoms. The van der Waals surface area contributed by atoms with Crippen LogP contribution in [0.4, 0.5) is 0 Å². The highest BCUT2D eigenvalue weighted by atomic mass is 35.5. The van der Waals surface area contributed by atoms with Gasteiger partial charge < -0.3 is 10.1 Å². The van der Waals surface area contributed by atoms with Gasteiger partial charge in [-0.05, 0) is 56.0 Å². The average Bonchev–Trinajstić information content (AvgIpc) is 2.93. The lowest BCUT2D eigenvalue weighted by Crippen LogP contribution is -2.42. The van der Waals surface area contributed by atoms with Gasteiger partial charge in [-0.15, -0.1) is 0 Å². The summed E-state index contributed by atoms with van der Waals surface area (Å²) < 4.78 is 6.22. The first-order valence-corrected chi connectivity index (χ1v) is 8.68. The number of aromatic nitrogens is 1. The Morgan fingerprint density at radius 1 is 1.21 bits per heavy atom. The topological polar surface area (TPSA) is 57.9 Å². The number of benzene rings is 1. The van der Waals surface area contributed by atoms with Crippen molar-refractivity contribution in [3.63, 3.8) is 0 Å². The van der Waals surface area contributed by atoms with E-state index in [9.17, 15) is 5.26 Å². The maximum absolute atomic E-state index is 9.33. The predicted octanol–water partition coefficient (Wildman–Crippen LogP) is 3.94. The van der Waals surface area contributed by atoms with Crippen LogP contribution in [0.1, 0.15) is 31.2 Å². The Labute approximate surface area is 146 Å². The maximum atomic E-state index is 9.33. The average molecular weight is 340 g/mol. The number of hydrogen-bond acceptors (Lipinski definition) is 4. The molecule has 2 aliphatic rings. The summed E-state index contributed by atoms with van der Waals surface area (Å²) in [6.45, 7) is 0. The van der Waals surface area contributed by atoms with Gasteiger partial charge in [0, 0.05) is 23.8 Å². The largest absolute Gasteiger partial charge is 0.490 e. The van der Waals surface area contributed by atoms with Gasteiger partial charge in [0.15, 0.2) is 0 Å². The second kappa shape index (κ2) is 6.43. The van der Waals surface area contributed by atoms with Crippen LogP contribution in [0.5, 0.6) is 5.75 Å². The second-order valence-electron chi connectivity index (χ2n) is 6.54. The number of rotatable bonds is 3. The van der Waals surface area contributed by atoms with E-state index in [4.69, 9.17) is 16.3 Å². The monoisotopic (exact) mass is 339 g/mol. The highest BCUT2D eigenvalue weighted by molar-refractivity contribution is 6.33. The van der Waals surface area contributed by atoms with E-state index in [0.29, 0.717) is 28.4 Å². The van der Waals surface area contributed by atoms with Gasteiger partial charge in [-0.3, -0.25) is 4.98 Å². The molecule has 0 saturated carbocycles. The van der Waals surface area contributed by atoms with Gasteiger partial charge in [0.2, 0.25) is 0 Å². The summed E-state index contributed by atoms with van der Waals surface area (Å²) >= 11 is 6.25. The standard InChI is InChI=1S/C19H18ClN3O/c20-18-2-1-5-22-19(18)13-6-12(11-21)7-16(8-13)24-17-9-14-3-4-15(10-17)23-14/h1-2,5-8,14-15,17,23H,3-4,9-10H2/t14-,15-/m1/s1. The van der Waals surface area contributed by atoms with Crippen LogP contribution in [-0.2, 0) is 0 Å². The summed E-state index contributed by atoms with van der Waals surface area (Å²) in [5.74, 6) is 0.720. The number of halogens is 1. The molecular weight excluding hydrogens is 322 g/mol. The lowest BCUT2D eigenvalue weighted by molar-refractivity contribution is 0.137. The van der Waals surface area contributed by atoms with Crippen LogP contribution in [0.25, 0.3) is 11.3 Å². The zero-order valence-electron chi connectivity index (χ0n) is 13.2. The number of nitriles is 1. The van der Waals surface area contributed by atoms with Crippen LogP contribution in [0.2, 0.25) is 5.02 Å². The van der Waals surface area contributed by atoms with Gasteiger partial charge in [0.05, 0.1) is 22.3 Å². The predicted molar refractivity (Wildman–Crippen MR) is 93.0 cm³/mol. The molecule has 122 valence electrons. The number of piperidine rings is 1. The third kappa shape index (κ3) is 3.10. The minimum absolute atomic E-state index is 0.199. The van der Waals surface area contributed by atoms with Crippen molar-refractivity contribution in [2.45, 2.75) is 43.9 Å². The molecule has 2 saturated heterocycles. The smallest absolute Gasteiger partial charge is 0.121 e. The van der Waals surface area contributed by atoms with Gasteiger partial charge in [-0.2, -0.15) is 5.26 Å². The number of fused-ring (bicyclic) bond motifs is 2. The molecule has 0 radical (unpaired) electrons. The van der Waals surface area contributed by atoms with Gasteiger partial charge >= 0.3 is 0 Å². The van der Waals surface area contributed by atoms with Crippen LogP contribution in [0.15, 0.2) is 36.5 Å².